The van der Waals surface area contributed by atoms with Crippen LogP contribution in [0.3, 0.4) is 0 Å². The van der Waals surface area contributed by atoms with Crippen LogP contribution in [-0.2, 0) is 20.9 Å². The first-order valence-corrected chi connectivity index (χ1v) is 11.5. The molecule has 0 unspecified atom stereocenters. The molecule has 7 heteroatoms. The van der Waals surface area contributed by atoms with E-state index in [4.69, 9.17) is 9.47 Å². The zero-order valence-electron chi connectivity index (χ0n) is 18.7. The number of hydrogen-bond acceptors (Lipinski definition) is 5. The number of carbonyl (C=O) groups is 3. The van der Waals surface area contributed by atoms with Crippen molar-refractivity contribution >= 4 is 18.1 Å². The third kappa shape index (κ3) is 4.08. The zero-order chi connectivity index (χ0) is 23.0. The Morgan fingerprint density at radius 1 is 1.03 bits per heavy atom. The van der Waals surface area contributed by atoms with E-state index in [1.165, 1.54) is 4.90 Å². The van der Waals surface area contributed by atoms with E-state index < -0.39 is 12.2 Å². The first kappa shape index (κ1) is 21.5. The minimum Gasteiger partial charge on any atom is -0.445 e. The Hall–Kier alpha value is -3.35. The third-order valence-electron chi connectivity index (χ3n) is 7.35. The molecule has 5 rings (SSSR count). The highest BCUT2D eigenvalue weighted by atomic mass is 16.6. The lowest BCUT2D eigenvalue weighted by molar-refractivity contribution is -0.131. The maximum atomic E-state index is 13.3. The van der Waals surface area contributed by atoms with Gasteiger partial charge in [0.2, 0.25) is 5.91 Å². The van der Waals surface area contributed by atoms with Crippen LogP contribution in [0.4, 0.5) is 9.59 Å². The van der Waals surface area contributed by atoms with Crippen LogP contribution >= 0.6 is 0 Å². The van der Waals surface area contributed by atoms with Gasteiger partial charge < -0.3 is 14.4 Å². The van der Waals surface area contributed by atoms with Gasteiger partial charge in [0.05, 0.1) is 6.04 Å². The summed E-state index contributed by atoms with van der Waals surface area (Å²) in [4.78, 5) is 41.3. The number of ether oxygens (including phenoxy) is 2. The fraction of sp³-hybridized carbons (Fsp3) is 0.423. The standard InChI is InChI=1S/C26H28N2O5/c1-18-22(20-10-6-3-7-11-20)33-25(31)28(18)23(29)21-16-26(21)12-14-27(15-13-26)24(30)32-17-19-8-4-2-5-9-19/h2-11,18,21-22H,12-17H2,1H3/t18-,21+,22-/m0/s1. The largest absolute Gasteiger partial charge is 0.445 e. The summed E-state index contributed by atoms with van der Waals surface area (Å²) in [5.74, 6) is -0.337. The van der Waals surface area contributed by atoms with Gasteiger partial charge in [-0.25, -0.2) is 14.5 Å². The molecule has 3 amide bonds. The second-order valence-electron chi connectivity index (χ2n) is 9.31. The number of amides is 3. The number of benzene rings is 2. The molecule has 7 nitrogen and oxygen atoms in total. The molecule has 0 radical (unpaired) electrons. The monoisotopic (exact) mass is 448 g/mol. The van der Waals surface area contributed by atoms with Gasteiger partial charge in [0.1, 0.15) is 12.7 Å². The first-order valence-electron chi connectivity index (χ1n) is 11.5. The normalized spacial score (nSPS) is 25.6. The second kappa shape index (κ2) is 8.54. The van der Waals surface area contributed by atoms with Gasteiger partial charge in [-0.2, -0.15) is 0 Å². The summed E-state index contributed by atoms with van der Waals surface area (Å²) in [6, 6.07) is 18.8. The molecule has 0 N–H and O–H groups in total. The molecule has 0 aromatic heterocycles. The van der Waals surface area contributed by atoms with Gasteiger partial charge in [-0.15, -0.1) is 0 Å². The molecule has 1 saturated carbocycles. The Bertz CT molecular complexity index is 1030. The molecule has 1 spiro atoms. The van der Waals surface area contributed by atoms with E-state index in [2.05, 4.69) is 0 Å². The highest BCUT2D eigenvalue weighted by Crippen LogP contribution is 2.60. The number of rotatable bonds is 4. The second-order valence-corrected chi connectivity index (χ2v) is 9.31. The topological polar surface area (TPSA) is 76.2 Å². The lowest BCUT2D eigenvalue weighted by Gasteiger charge is -2.32. The minimum absolute atomic E-state index is 0.127. The van der Waals surface area contributed by atoms with Crippen molar-refractivity contribution in [2.75, 3.05) is 13.1 Å². The van der Waals surface area contributed by atoms with Crippen molar-refractivity contribution < 1.29 is 23.9 Å². The molecule has 2 heterocycles. The van der Waals surface area contributed by atoms with Crippen molar-refractivity contribution in [1.29, 1.82) is 0 Å². The van der Waals surface area contributed by atoms with E-state index in [1.54, 1.807) is 4.90 Å². The summed E-state index contributed by atoms with van der Waals surface area (Å²) >= 11 is 0. The molecular formula is C26H28N2O5. The van der Waals surface area contributed by atoms with Gasteiger partial charge in [-0.1, -0.05) is 60.7 Å². The van der Waals surface area contributed by atoms with Crippen molar-refractivity contribution in [3.63, 3.8) is 0 Å². The highest BCUT2D eigenvalue weighted by Gasteiger charge is 2.62. The molecule has 33 heavy (non-hydrogen) atoms. The lowest BCUT2D eigenvalue weighted by Crippen LogP contribution is -2.43. The van der Waals surface area contributed by atoms with Crippen LogP contribution in [0.15, 0.2) is 60.7 Å². The fourth-order valence-corrected chi connectivity index (χ4v) is 5.21. The van der Waals surface area contributed by atoms with Gasteiger partial charge >= 0.3 is 12.2 Å². The van der Waals surface area contributed by atoms with Crippen LogP contribution in [0, 0.1) is 11.3 Å². The van der Waals surface area contributed by atoms with Crippen molar-refractivity contribution in [3.05, 3.63) is 71.8 Å². The predicted octanol–water partition coefficient (Wildman–Crippen LogP) is 4.53. The third-order valence-corrected chi connectivity index (χ3v) is 7.35. The molecule has 2 aromatic carbocycles. The minimum atomic E-state index is -0.565. The number of nitrogens with zero attached hydrogens (tertiary/aromatic N) is 2. The van der Waals surface area contributed by atoms with Crippen molar-refractivity contribution in [1.82, 2.24) is 9.80 Å². The molecule has 1 aliphatic carbocycles. The van der Waals surface area contributed by atoms with Gasteiger partial charge in [-0.3, -0.25) is 4.79 Å². The molecule has 2 aliphatic heterocycles. The Morgan fingerprint density at radius 3 is 2.33 bits per heavy atom. The summed E-state index contributed by atoms with van der Waals surface area (Å²) in [6.07, 6.45) is 0.904. The number of hydrogen-bond donors (Lipinski definition) is 0. The van der Waals surface area contributed by atoms with Crippen molar-refractivity contribution in [3.8, 4) is 0 Å². The van der Waals surface area contributed by atoms with Gasteiger partial charge in [0.15, 0.2) is 0 Å². The number of cyclic esters (lactones) is 1. The van der Waals surface area contributed by atoms with E-state index in [0.29, 0.717) is 13.1 Å². The Labute approximate surface area is 193 Å². The molecule has 3 atom stereocenters. The van der Waals surface area contributed by atoms with E-state index in [9.17, 15) is 14.4 Å². The molecular weight excluding hydrogens is 420 g/mol. The molecule has 3 aliphatic rings. The van der Waals surface area contributed by atoms with Crippen molar-refractivity contribution in [2.24, 2.45) is 11.3 Å². The Morgan fingerprint density at radius 2 is 1.67 bits per heavy atom. The molecule has 2 aromatic rings. The fourth-order valence-electron chi connectivity index (χ4n) is 5.21. The van der Waals surface area contributed by atoms with Crippen LogP contribution < -0.4 is 0 Å². The van der Waals surface area contributed by atoms with Gasteiger partial charge in [-0.05, 0) is 42.7 Å². The molecule has 172 valence electrons. The van der Waals surface area contributed by atoms with Gasteiger partial charge in [0, 0.05) is 19.0 Å². The van der Waals surface area contributed by atoms with E-state index >= 15 is 0 Å². The van der Waals surface area contributed by atoms with E-state index in [0.717, 1.165) is 30.4 Å². The first-order chi connectivity index (χ1) is 16.0. The maximum Gasteiger partial charge on any atom is 0.417 e. The lowest BCUT2D eigenvalue weighted by atomic mass is 9.90. The number of likely N-dealkylation sites (tertiary alicyclic amines) is 1. The quantitative estimate of drug-likeness (QED) is 0.687. The number of imide groups is 1. The molecule has 0 bridgehead atoms. The number of piperidine rings is 1. The Kier molecular flexibility index (Phi) is 5.56. The summed E-state index contributed by atoms with van der Waals surface area (Å²) < 4.78 is 11.0. The molecule has 2 saturated heterocycles. The predicted molar refractivity (Wildman–Crippen MR) is 120 cm³/mol. The summed E-state index contributed by atoms with van der Waals surface area (Å²) in [7, 11) is 0. The van der Waals surface area contributed by atoms with Crippen LogP contribution in [-0.4, -0.2) is 47.0 Å². The average molecular weight is 449 g/mol. The maximum absolute atomic E-state index is 13.3. The van der Waals surface area contributed by atoms with Crippen LogP contribution in [0.2, 0.25) is 0 Å². The van der Waals surface area contributed by atoms with Crippen LogP contribution in [0.25, 0.3) is 0 Å². The highest BCUT2D eigenvalue weighted by molar-refractivity contribution is 5.97. The molecule has 3 fully saturated rings. The SMILES string of the molecule is C[C@H]1[C@@H](c2ccccc2)OC(=O)N1C(=O)[C@H]1CC12CCN(C(=O)OCc1ccccc1)CC2. The van der Waals surface area contributed by atoms with Crippen LogP contribution in [0.1, 0.15) is 43.4 Å². The summed E-state index contributed by atoms with van der Waals surface area (Å²) in [6.45, 7) is 3.23. The van der Waals surface area contributed by atoms with E-state index in [-0.39, 0.29) is 36.0 Å². The Balaban J connectivity index is 1.15. The zero-order valence-corrected chi connectivity index (χ0v) is 18.7. The average Bonchev–Trinajstić information content (AvgIpc) is 3.46. The summed E-state index contributed by atoms with van der Waals surface area (Å²) in [5.41, 5.74) is 1.71. The number of carbonyl (C=O) groups excluding carboxylic acids is 3. The smallest absolute Gasteiger partial charge is 0.417 e. The van der Waals surface area contributed by atoms with Gasteiger partial charge in [0.25, 0.3) is 0 Å². The van der Waals surface area contributed by atoms with Crippen molar-refractivity contribution in [2.45, 2.75) is 44.9 Å². The summed E-state index contributed by atoms with van der Waals surface area (Å²) in [5, 5.41) is 0. The van der Waals surface area contributed by atoms with Crippen LogP contribution in [0.5, 0.6) is 0 Å². The van der Waals surface area contributed by atoms with E-state index in [1.807, 2.05) is 67.6 Å².